The summed E-state index contributed by atoms with van der Waals surface area (Å²) < 4.78 is 9.31. The fourth-order valence-corrected chi connectivity index (χ4v) is 2.36. The molecule has 8 heteroatoms. The first kappa shape index (κ1) is 17.2. The largest absolute Gasteiger partial charge is 0.464 e. The molecule has 2 rings (SSSR count). The van der Waals surface area contributed by atoms with Gasteiger partial charge < -0.3 is 9.47 Å². The van der Waals surface area contributed by atoms with E-state index in [9.17, 15) is 14.4 Å². The van der Waals surface area contributed by atoms with Gasteiger partial charge >= 0.3 is 11.9 Å². The molecular weight excluding hydrogens is 314 g/mol. The van der Waals surface area contributed by atoms with Gasteiger partial charge in [-0.3, -0.25) is 10.2 Å². The average molecular weight is 329 g/mol. The van der Waals surface area contributed by atoms with E-state index in [4.69, 9.17) is 5.41 Å². The van der Waals surface area contributed by atoms with Gasteiger partial charge in [0.05, 0.1) is 14.2 Å². The van der Waals surface area contributed by atoms with E-state index in [0.29, 0.717) is 0 Å². The molecule has 0 atom stereocenters. The number of guanidine groups is 1. The van der Waals surface area contributed by atoms with Crippen molar-refractivity contribution >= 4 is 35.1 Å². The van der Waals surface area contributed by atoms with Crippen LogP contribution < -0.4 is 0 Å². The number of esters is 2. The Balaban J connectivity index is 2.69. The maximum Gasteiger partial charge on any atom is 0.354 e. The molecule has 0 aliphatic carbocycles. The molecule has 0 fully saturated rings. The summed E-state index contributed by atoms with van der Waals surface area (Å²) in [6.45, 7) is 1.33. The second-order valence-corrected chi connectivity index (χ2v) is 5.05. The van der Waals surface area contributed by atoms with Gasteiger partial charge in [-0.25, -0.2) is 19.6 Å². The van der Waals surface area contributed by atoms with Gasteiger partial charge in [0.1, 0.15) is 16.8 Å². The number of ketones is 1. The lowest BCUT2D eigenvalue weighted by molar-refractivity contribution is -0.133. The molecule has 1 aromatic carbocycles. The first-order valence-corrected chi connectivity index (χ1v) is 6.89. The molecule has 1 aromatic rings. The maximum atomic E-state index is 13.0. The molecule has 0 saturated heterocycles. The van der Waals surface area contributed by atoms with E-state index in [-0.39, 0.29) is 17.0 Å². The van der Waals surface area contributed by atoms with E-state index in [1.165, 1.54) is 19.1 Å². The number of nitrogens with zero attached hydrogens (tertiary/aromatic N) is 2. The summed E-state index contributed by atoms with van der Waals surface area (Å²) in [6, 6.07) is 8.09. The third-order valence-corrected chi connectivity index (χ3v) is 3.63. The summed E-state index contributed by atoms with van der Waals surface area (Å²) in [5.74, 6) is -3.02. The van der Waals surface area contributed by atoms with E-state index in [2.05, 4.69) is 19.5 Å². The fraction of sp³-hybridized carbons (Fsp3) is 0.250. The number of benzene rings is 1. The zero-order valence-corrected chi connectivity index (χ0v) is 13.3. The van der Waals surface area contributed by atoms with Crippen molar-refractivity contribution in [3.8, 4) is 0 Å². The minimum absolute atomic E-state index is 0.252. The molecular formula is C16H15N3O5. The Morgan fingerprint density at radius 1 is 0.958 bits per heavy atom. The van der Waals surface area contributed by atoms with E-state index in [1.54, 1.807) is 18.2 Å². The lowest BCUT2D eigenvalue weighted by atomic mass is 9.73. The van der Waals surface area contributed by atoms with Crippen molar-refractivity contribution in [2.45, 2.75) is 6.92 Å². The Hall–Kier alpha value is -3.16. The number of Topliss-reactive ketones (excluding diaryl/α,β-unsaturated/α-hetero) is 1. The Morgan fingerprint density at radius 2 is 1.42 bits per heavy atom. The number of carbonyl (C=O) groups is 3. The van der Waals surface area contributed by atoms with Crippen LogP contribution in [0.3, 0.4) is 0 Å². The molecule has 0 aromatic heterocycles. The monoisotopic (exact) mass is 329 g/mol. The molecule has 0 amide bonds. The third-order valence-electron chi connectivity index (χ3n) is 3.63. The molecule has 0 unspecified atom stereocenters. The van der Waals surface area contributed by atoms with Crippen molar-refractivity contribution < 1.29 is 23.9 Å². The van der Waals surface area contributed by atoms with Crippen molar-refractivity contribution in [1.82, 2.24) is 0 Å². The van der Waals surface area contributed by atoms with Crippen LogP contribution >= 0.6 is 0 Å². The van der Waals surface area contributed by atoms with Gasteiger partial charge in [0.15, 0.2) is 5.78 Å². The smallest absolute Gasteiger partial charge is 0.354 e. The highest BCUT2D eigenvalue weighted by atomic mass is 16.5. The number of hydrogen-bond acceptors (Lipinski definition) is 6. The van der Waals surface area contributed by atoms with Crippen LogP contribution in [0.15, 0.2) is 40.3 Å². The summed E-state index contributed by atoms with van der Waals surface area (Å²) >= 11 is 0. The van der Waals surface area contributed by atoms with Crippen molar-refractivity contribution in [2.24, 2.45) is 15.4 Å². The number of ether oxygens (including phenoxy) is 2. The SMILES string of the molecule is COC(=O)C1=NC(=N)N=C(C(=O)OC)C1(C)C(=O)c1ccccc1. The van der Waals surface area contributed by atoms with Crippen LogP contribution in [0.2, 0.25) is 0 Å². The quantitative estimate of drug-likeness (QED) is 0.654. The number of nitrogens with one attached hydrogen (secondary N) is 1. The molecule has 1 aliphatic rings. The number of methoxy groups -OCH3 is 2. The summed E-state index contributed by atoms with van der Waals surface area (Å²) in [5.41, 5.74) is -2.35. The molecule has 1 aliphatic heterocycles. The van der Waals surface area contributed by atoms with E-state index < -0.39 is 29.1 Å². The van der Waals surface area contributed by atoms with Gasteiger partial charge in [-0.05, 0) is 6.92 Å². The Kier molecular flexibility index (Phi) is 4.68. The summed E-state index contributed by atoms with van der Waals surface area (Å²) in [4.78, 5) is 44.7. The van der Waals surface area contributed by atoms with Crippen LogP contribution in [0, 0.1) is 10.8 Å². The second kappa shape index (κ2) is 6.53. The molecule has 0 saturated carbocycles. The first-order chi connectivity index (χ1) is 11.4. The molecule has 1 N–H and O–H groups in total. The fourth-order valence-electron chi connectivity index (χ4n) is 2.36. The van der Waals surface area contributed by atoms with Crippen LogP contribution in [0.1, 0.15) is 17.3 Å². The van der Waals surface area contributed by atoms with Crippen LogP contribution in [0.4, 0.5) is 0 Å². The highest BCUT2D eigenvalue weighted by Gasteiger charge is 2.52. The maximum absolute atomic E-state index is 13.0. The number of carbonyl (C=O) groups excluding carboxylic acids is 3. The molecule has 124 valence electrons. The van der Waals surface area contributed by atoms with Crippen LogP contribution in [-0.2, 0) is 19.1 Å². The van der Waals surface area contributed by atoms with Gasteiger partial charge in [0, 0.05) is 5.56 Å². The van der Waals surface area contributed by atoms with E-state index in [1.807, 2.05) is 0 Å². The van der Waals surface area contributed by atoms with Crippen molar-refractivity contribution in [1.29, 1.82) is 5.41 Å². The second-order valence-electron chi connectivity index (χ2n) is 5.05. The van der Waals surface area contributed by atoms with Gasteiger partial charge in [0.2, 0.25) is 5.96 Å². The van der Waals surface area contributed by atoms with E-state index in [0.717, 1.165) is 14.2 Å². The zero-order chi connectivity index (χ0) is 17.9. The van der Waals surface area contributed by atoms with Crippen LogP contribution in [0.5, 0.6) is 0 Å². The zero-order valence-electron chi connectivity index (χ0n) is 13.3. The van der Waals surface area contributed by atoms with Gasteiger partial charge in [0.25, 0.3) is 0 Å². The van der Waals surface area contributed by atoms with Crippen LogP contribution in [-0.4, -0.2) is 49.3 Å². The van der Waals surface area contributed by atoms with Crippen molar-refractivity contribution in [2.75, 3.05) is 14.2 Å². The highest BCUT2D eigenvalue weighted by molar-refractivity contribution is 6.61. The highest BCUT2D eigenvalue weighted by Crippen LogP contribution is 2.31. The number of hydrogen-bond donors (Lipinski definition) is 1. The van der Waals surface area contributed by atoms with Crippen molar-refractivity contribution in [3.63, 3.8) is 0 Å². The standard InChI is InChI=1S/C16H15N3O5/c1-16(12(20)9-7-5-4-6-8-9)10(13(21)23-2)18-15(17)19-11(16)14(22)24-3/h4-8,17H,1-3H3. The van der Waals surface area contributed by atoms with Crippen LogP contribution in [0.25, 0.3) is 0 Å². The minimum atomic E-state index is -1.83. The lowest BCUT2D eigenvalue weighted by Gasteiger charge is -2.30. The summed E-state index contributed by atoms with van der Waals surface area (Å²) in [6.07, 6.45) is 0. The Bertz CT molecular complexity index is 744. The summed E-state index contributed by atoms with van der Waals surface area (Å²) in [5, 5.41) is 7.61. The van der Waals surface area contributed by atoms with Gasteiger partial charge in [-0.2, -0.15) is 0 Å². The Labute approximate surface area is 137 Å². The van der Waals surface area contributed by atoms with Crippen molar-refractivity contribution in [3.05, 3.63) is 35.9 Å². The molecule has 0 spiro atoms. The predicted molar refractivity (Wildman–Crippen MR) is 85.5 cm³/mol. The number of aliphatic imine (C=N–C) groups is 2. The summed E-state index contributed by atoms with van der Waals surface area (Å²) in [7, 11) is 2.23. The van der Waals surface area contributed by atoms with E-state index >= 15 is 0 Å². The first-order valence-electron chi connectivity index (χ1n) is 6.89. The predicted octanol–water partition coefficient (Wildman–Crippen LogP) is 1.05. The Morgan fingerprint density at radius 3 is 1.83 bits per heavy atom. The molecule has 8 nitrogen and oxygen atoms in total. The normalized spacial score (nSPS) is 19.9. The van der Waals surface area contributed by atoms with Gasteiger partial charge in [-0.15, -0.1) is 0 Å². The third kappa shape index (κ3) is 2.73. The topological polar surface area (TPSA) is 118 Å². The average Bonchev–Trinajstić information content (AvgIpc) is 2.61. The molecule has 0 bridgehead atoms. The lowest BCUT2D eigenvalue weighted by Crippen LogP contribution is -2.53. The van der Waals surface area contributed by atoms with Gasteiger partial charge in [-0.1, -0.05) is 30.3 Å². The molecule has 1 heterocycles. The molecule has 24 heavy (non-hydrogen) atoms. The minimum Gasteiger partial charge on any atom is -0.464 e. The number of rotatable bonds is 4. The molecule has 0 radical (unpaired) electrons.